The molecule has 6 N–H and O–H groups in total. The summed E-state index contributed by atoms with van der Waals surface area (Å²) >= 11 is 0. The van der Waals surface area contributed by atoms with E-state index in [-0.39, 0.29) is 23.7 Å². The molecule has 4 heteroatoms. The lowest BCUT2D eigenvalue weighted by Crippen LogP contribution is -2.68. The Bertz CT molecular complexity index is 459. The number of rotatable bonds is 3. The molecule has 0 aromatic heterocycles. The minimum absolute atomic E-state index is 0.101. The Morgan fingerprint density at radius 1 is 0.611 bits per heavy atom. The summed E-state index contributed by atoms with van der Waals surface area (Å²) in [4.78, 5) is 0. The van der Waals surface area contributed by atoms with Crippen LogP contribution in [0.1, 0.15) is 23.2 Å². The maximum Gasteiger partial charge on any atom is 0.167 e. The lowest BCUT2D eigenvalue weighted by atomic mass is 9.95. The van der Waals surface area contributed by atoms with Crippen molar-refractivity contribution in [2.24, 2.45) is 0 Å². The highest BCUT2D eigenvalue weighted by atomic mass is 19.1. The molecule has 0 fully saturated rings. The summed E-state index contributed by atoms with van der Waals surface area (Å²) in [7, 11) is 0. The van der Waals surface area contributed by atoms with E-state index < -0.39 is 0 Å². The highest BCUT2D eigenvalue weighted by Crippen LogP contribution is 2.21. The van der Waals surface area contributed by atoms with Crippen molar-refractivity contribution in [3.8, 4) is 0 Å². The van der Waals surface area contributed by atoms with Crippen LogP contribution in [-0.4, -0.2) is 0 Å². The average Bonchev–Trinajstić information content (AvgIpc) is 2.39. The predicted molar refractivity (Wildman–Crippen MR) is 64.1 cm³/mol. The summed E-state index contributed by atoms with van der Waals surface area (Å²) in [5.41, 5.74) is 9.95. The van der Waals surface area contributed by atoms with Crippen LogP contribution in [0, 0.1) is 11.6 Å². The van der Waals surface area contributed by atoms with E-state index in [1.165, 1.54) is 24.3 Å². The number of quaternary nitrogens is 2. The standard InChI is InChI=1S/C14H14F2N2/c15-11-5-1-9(2-6-11)13(17)14(18)10-3-7-12(16)8-4-10/h1-8,13-14H,17-18H2/p+2/t13-,14+. The highest BCUT2D eigenvalue weighted by Gasteiger charge is 2.24. The summed E-state index contributed by atoms with van der Waals surface area (Å²) in [6.45, 7) is 0. The third-order valence-corrected chi connectivity index (χ3v) is 3.08. The molecule has 2 aromatic rings. The lowest BCUT2D eigenvalue weighted by Gasteiger charge is -2.14. The molecule has 2 nitrogen and oxygen atoms in total. The molecule has 94 valence electrons. The Labute approximate surface area is 104 Å². The molecule has 0 spiro atoms. The summed E-state index contributed by atoms with van der Waals surface area (Å²) < 4.78 is 25.7. The number of hydrogen-bond donors (Lipinski definition) is 2. The maximum absolute atomic E-state index is 12.8. The molecule has 0 unspecified atom stereocenters. The van der Waals surface area contributed by atoms with Crippen molar-refractivity contribution >= 4 is 0 Å². The number of benzene rings is 2. The van der Waals surface area contributed by atoms with Crippen molar-refractivity contribution in [1.29, 1.82) is 0 Å². The Kier molecular flexibility index (Phi) is 3.69. The van der Waals surface area contributed by atoms with Gasteiger partial charge in [-0.05, 0) is 48.5 Å². The quantitative estimate of drug-likeness (QED) is 0.823. The van der Waals surface area contributed by atoms with Gasteiger partial charge in [-0.3, -0.25) is 0 Å². The molecule has 0 bridgehead atoms. The summed E-state index contributed by atoms with van der Waals surface area (Å²) in [6, 6.07) is 12.2. The second-order valence-corrected chi connectivity index (χ2v) is 4.32. The van der Waals surface area contributed by atoms with Crippen LogP contribution in [0.15, 0.2) is 48.5 Å². The molecular formula is C14H16F2N2+2. The Hall–Kier alpha value is -1.78. The molecule has 18 heavy (non-hydrogen) atoms. The van der Waals surface area contributed by atoms with E-state index in [1.54, 1.807) is 24.3 Å². The van der Waals surface area contributed by atoms with E-state index >= 15 is 0 Å². The highest BCUT2D eigenvalue weighted by molar-refractivity contribution is 5.24. The molecule has 0 aliphatic carbocycles. The normalized spacial score (nSPS) is 14.2. The third kappa shape index (κ3) is 2.72. The van der Waals surface area contributed by atoms with Crippen molar-refractivity contribution in [3.63, 3.8) is 0 Å². The van der Waals surface area contributed by atoms with Gasteiger partial charge in [0, 0.05) is 11.1 Å². The second-order valence-electron chi connectivity index (χ2n) is 4.32. The molecule has 0 saturated heterocycles. The molecule has 0 heterocycles. The maximum atomic E-state index is 12.8. The van der Waals surface area contributed by atoms with Crippen LogP contribution in [0.5, 0.6) is 0 Å². The minimum atomic E-state index is -0.270. The van der Waals surface area contributed by atoms with E-state index in [0.29, 0.717) is 0 Å². The molecule has 0 aliphatic rings. The van der Waals surface area contributed by atoms with E-state index in [0.717, 1.165) is 11.1 Å². The first-order valence-corrected chi connectivity index (χ1v) is 5.75. The van der Waals surface area contributed by atoms with Gasteiger partial charge in [0.05, 0.1) is 0 Å². The van der Waals surface area contributed by atoms with Crippen molar-refractivity contribution in [2.45, 2.75) is 12.1 Å². The third-order valence-electron chi connectivity index (χ3n) is 3.08. The number of halogens is 2. The lowest BCUT2D eigenvalue weighted by molar-refractivity contribution is -0.540. The van der Waals surface area contributed by atoms with Crippen LogP contribution >= 0.6 is 0 Å². The van der Waals surface area contributed by atoms with Crippen molar-refractivity contribution in [3.05, 3.63) is 71.3 Å². The second kappa shape index (κ2) is 5.25. The van der Waals surface area contributed by atoms with E-state index in [1.807, 2.05) is 0 Å². The van der Waals surface area contributed by atoms with Crippen LogP contribution < -0.4 is 11.5 Å². The van der Waals surface area contributed by atoms with Crippen LogP contribution in [0.25, 0.3) is 0 Å². The summed E-state index contributed by atoms with van der Waals surface area (Å²) in [5, 5.41) is 0. The monoisotopic (exact) mass is 250 g/mol. The predicted octanol–water partition coefficient (Wildman–Crippen LogP) is 1.23. The van der Waals surface area contributed by atoms with Gasteiger partial charge in [-0.25, -0.2) is 8.78 Å². The van der Waals surface area contributed by atoms with E-state index in [2.05, 4.69) is 11.5 Å². The van der Waals surface area contributed by atoms with Crippen LogP contribution in [0.4, 0.5) is 8.78 Å². The van der Waals surface area contributed by atoms with Gasteiger partial charge in [-0.15, -0.1) is 0 Å². The van der Waals surface area contributed by atoms with Crippen LogP contribution in [0.3, 0.4) is 0 Å². The van der Waals surface area contributed by atoms with Gasteiger partial charge in [-0.2, -0.15) is 0 Å². The first-order chi connectivity index (χ1) is 8.58. The fourth-order valence-corrected chi connectivity index (χ4v) is 1.88. The van der Waals surface area contributed by atoms with Gasteiger partial charge < -0.3 is 11.5 Å². The molecule has 0 saturated carbocycles. The van der Waals surface area contributed by atoms with E-state index in [4.69, 9.17) is 0 Å². The summed E-state index contributed by atoms with van der Waals surface area (Å²) in [5.74, 6) is -0.540. The van der Waals surface area contributed by atoms with Crippen molar-refractivity contribution in [2.75, 3.05) is 0 Å². The van der Waals surface area contributed by atoms with Crippen molar-refractivity contribution < 1.29 is 20.2 Å². The van der Waals surface area contributed by atoms with Gasteiger partial charge in [0.1, 0.15) is 11.6 Å². The smallest absolute Gasteiger partial charge is 0.167 e. The van der Waals surface area contributed by atoms with Crippen LogP contribution in [0.2, 0.25) is 0 Å². The van der Waals surface area contributed by atoms with Gasteiger partial charge in [0.25, 0.3) is 0 Å². The van der Waals surface area contributed by atoms with E-state index in [9.17, 15) is 8.78 Å². The Balaban J connectivity index is 2.20. The Morgan fingerprint density at radius 2 is 0.889 bits per heavy atom. The molecule has 0 amide bonds. The first kappa shape index (κ1) is 12.7. The molecule has 0 radical (unpaired) electrons. The van der Waals surface area contributed by atoms with Crippen LogP contribution in [-0.2, 0) is 0 Å². The fraction of sp³-hybridized carbons (Fsp3) is 0.143. The zero-order valence-electron chi connectivity index (χ0n) is 9.94. The minimum Gasteiger partial charge on any atom is -0.346 e. The molecule has 2 atom stereocenters. The SMILES string of the molecule is [NH3+][C@H](c1ccc(F)cc1)[C@@H]([NH3+])c1ccc(F)cc1. The van der Waals surface area contributed by atoms with Gasteiger partial charge >= 0.3 is 0 Å². The summed E-state index contributed by atoms with van der Waals surface area (Å²) in [6.07, 6.45) is 0. The van der Waals surface area contributed by atoms with Gasteiger partial charge in [0.2, 0.25) is 0 Å². The molecule has 2 rings (SSSR count). The molecule has 2 aromatic carbocycles. The zero-order chi connectivity index (χ0) is 13.1. The van der Waals surface area contributed by atoms with Crippen molar-refractivity contribution in [1.82, 2.24) is 0 Å². The zero-order valence-corrected chi connectivity index (χ0v) is 9.94. The van der Waals surface area contributed by atoms with Gasteiger partial charge in [0.15, 0.2) is 12.1 Å². The topological polar surface area (TPSA) is 55.3 Å². The Morgan fingerprint density at radius 3 is 1.17 bits per heavy atom. The fourth-order valence-electron chi connectivity index (χ4n) is 1.88. The average molecular weight is 250 g/mol. The number of hydrogen-bond acceptors (Lipinski definition) is 0. The first-order valence-electron chi connectivity index (χ1n) is 5.75. The largest absolute Gasteiger partial charge is 0.346 e. The molecular weight excluding hydrogens is 234 g/mol. The molecule has 0 aliphatic heterocycles. The van der Waals surface area contributed by atoms with Gasteiger partial charge in [-0.1, -0.05) is 0 Å².